The molecule has 0 amide bonds. The molecule has 0 aromatic heterocycles. The number of methoxy groups -OCH3 is 1. The number of carbonyl (C=O) groups is 1. The highest BCUT2D eigenvalue weighted by Gasteiger charge is 2.64. The zero-order chi connectivity index (χ0) is 14.4. The van der Waals surface area contributed by atoms with Gasteiger partial charge in [-0.2, -0.15) is 0 Å². The van der Waals surface area contributed by atoms with E-state index in [2.05, 4.69) is 0 Å². The van der Waals surface area contributed by atoms with Crippen molar-refractivity contribution in [3.63, 3.8) is 0 Å². The molecule has 1 aromatic rings. The Morgan fingerprint density at radius 2 is 1.95 bits per heavy atom. The molecular formula is C15H19BO4. The minimum Gasteiger partial charge on any atom is -0.497 e. The Bertz CT molecular complexity index is 529. The third kappa shape index (κ3) is 1.80. The van der Waals surface area contributed by atoms with Crippen molar-refractivity contribution in [3.8, 4) is 5.75 Å². The van der Waals surface area contributed by atoms with Gasteiger partial charge in [0.1, 0.15) is 11.4 Å². The number of ether oxygens (including phenoxy) is 1. The fourth-order valence-electron chi connectivity index (χ4n) is 3.45. The maximum Gasteiger partial charge on any atom is 0.495 e. The average Bonchev–Trinajstić information content (AvgIpc) is 2.90. The minimum absolute atomic E-state index is 0.0634. The molecule has 106 valence electrons. The summed E-state index contributed by atoms with van der Waals surface area (Å²) in [7, 11) is 1.16. The van der Waals surface area contributed by atoms with Crippen molar-refractivity contribution in [2.45, 2.75) is 44.3 Å². The van der Waals surface area contributed by atoms with Crippen molar-refractivity contribution in [1.82, 2.24) is 0 Å². The number of carbonyl (C=O) groups excluding carboxylic acids is 1. The topological polar surface area (TPSA) is 44.8 Å². The summed E-state index contributed by atoms with van der Waals surface area (Å²) >= 11 is 0. The standard InChI is InChI=1S/C15H19BO4/c1-11(17)15-10-4-9-14(15,2)19-16(20-15)12-5-7-13(18-3)8-6-12/h5-8H,4,9-10H2,1-3H3/t14-,15-/m0/s1. The first kappa shape index (κ1) is 13.6. The molecule has 2 atom stereocenters. The molecule has 5 heteroatoms. The number of Topliss-reactive ketones (excluding diaryl/α,β-unsaturated/α-hetero) is 1. The lowest BCUT2D eigenvalue weighted by Gasteiger charge is -2.33. The maximum absolute atomic E-state index is 12.1. The zero-order valence-corrected chi connectivity index (χ0v) is 12.1. The van der Waals surface area contributed by atoms with E-state index in [-0.39, 0.29) is 5.78 Å². The van der Waals surface area contributed by atoms with Crippen LogP contribution in [0, 0.1) is 0 Å². The molecule has 0 unspecified atom stereocenters. The summed E-state index contributed by atoms with van der Waals surface area (Å²) in [5.41, 5.74) is -0.372. The van der Waals surface area contributed by atoms with Crippen LogP contribution in [0.15, 0.2) is 24.3 Å². The van der Waals surface area contributed by atoms with E-state index in [1.54, 1.807) is 14.0 Å². The smallest absolute Gasteiger partial charge is 0.495 e. The van der Waals surface area contributed by atoms with E-state index in [0.717, 1.165) is 30.5 Å². The Balaban J connectivity index is 1.89. The molecular weight excluding hydrogens is 255 g/mol. The lowest BCUT2D eigenvalue weighted by atomic mass is 9.79. The van der Waals surface area contributed by atoms with Crippen LogP contribution in [0.1, 0.15) is 33.1 Å². The Morgan fingerprint density at radius 1 is 1.25 bits per heavy atom. The molecule has 1 saturated carbocycles. The highest BCUT2D eigenvalue weighted by Crippen LogP contribution is 2.50. The molecule has 0 spiro atoms. The van der Waals surface area contributed by atoms with Crippen LogP contribution >= 0.6 is 0 Å². The number of fused-ring (bicyclic) bond motifs is 1. The lowest BCUT2D eigenvalue weighted by molar-refractivity contribution is -0.137. The second-order valence-corrected chi connectivity index (χ2v) is 5.81. The highest BCUT2D eigenvalue weighted by molar-refractivity contribution is 6.62. The van der Waals surface area contributed by atoms with Crippen LogP contribution < -0.4 is 10.2 Å². The van der Waals surface area contributed by atoms with E-state index in [4.69, 9.17) is 14.0 Å². The van der Waals surface area contributed by atoms with Crippen molar-refractivity contribution in [1.29, 1.82) is 0 Å². The molecule has 1 aliphatic carbocycles. The first-order valence-corrected chi connectivity index (χ1v) is 7.01. The molecule has 0 radical (unpaired) electrons. The summed E-state index contributed by atoms with van der Waals surface area (Å²) in [6.07, 6.45) is 2.57. The fraction of sp³-hybridized carbons (Fsp3) is 0.533. The second kappa shape index (κ2) is 4.60. The van der Waals surface area contributed by atoms with Gasteiger partial charge in [-0.1, -0.05) is 12.1 Å². The molecule has 2 fully saturated rings. The van der Waals surface area contributed by atoms with Gasteiger partial charge in [0, 0.05) is 0 Å². The van der Waals surface area contributed by atoms with Crippen molar-refractivity contribution in [2.75, 3.05) is 7.11 Å². The van der Waals surface area contributed by atoms with Crippen molar-refractivity contribution in [3.05, 3.63) is 24.3 Å². The van der Waals surface area contributed by atoms with Gasteiger partial charge in [-0.15, -0.1) is 0 Å². The third-order valence-electron chi connectivity index (χ3n) is 4.67. The van der Waals surface area contributed by atoms with Crippen LogP contribution in [-0.2, 0) is 14.1 Å². The summed E-state index contributed by atoms with van der Waals surface area (Å²) < 4.78 is 17.3. The van der Waals surface area contributed by atoms with Gasteiger partial charge in [0.15, 0.2) is 5.78 Å². The minimum atomic E-state index is -0.780. The molecule has 1 aliphatic heterocycles. The average molecular weight is 274 g/mol. The van der Waals surface area contributed by atoms with Gasteiger partial charge < -0.3 is 14.0 Å². The van der Waals surface area contributed by atoms with E-state index in [9.17, 15) is 4.79 Å². The second-order valence-electron chi connectivity index (χ2n) is 5.81. The summed E-state index contributed by atoms with van der Waals surface area (Å²) in [5, 5.41) is 0. The van der Waals surface area contributed by atoms with Gasteiger partial charge in [0.05, 0.1) is 12.7 Å². The summed E-state index contributed by atoms with van der Waals surface area (Å²) in [6.45, 7) is 3.59. The molecule has 20 heavy (non-hydrogen) atoms. The number of ketones is 1. The summed E-state index contributed by atoms with van der Waals surface area (Å²) in [6, 6.07) is 7.58. The van der Waals surface area contributed by atoms with Crippen molar-refractivity contribution < 1.29 is 18.8 Å². The highest BCUT2D eigenvalue weighted by atomic mass is 16.7. The quantitative estimate of drug-likeness (QED) is 0.787. The van der Waals surface area contributed by atoms with E-state index in [1.165, 1.54) is 0 Å². The number of rotatable bonds is 3. The van der Waals surface area contributed by atoms with Crippen LogP contribution in [0.2, 0.25) is 0 Å². The van der Waals surface area contributed by atoms with E-state index < -0.39 is 18.3 Å². The fourth-order valence-corrected chi connectivity index (χ4v) is 3.45. The maximum atomic E-state index is 12.1. The first-order chi connectivity index (χ1) is 9.51. The van der Waals surface area contributed by atoms with Gasteiger partial charge in [0.25, 0.3) is 0 Å². The molecule has 1 heterocycles. The zero-order valence-electron chi connectivity index (χ0n) is 12.1. The van der Waals surface area contributed by atoms with E-state index >= 15 is 0 Å². The van der Waals surface area contributed by atoms with Crippen molar-refractivity contribution >= 4 is 18.4 Å². The van der Waals surface area contributed by atoms with E-state index in [1.807, 2.05) is 31.2 Å². The van der Waals surface area contributed by atoms with Crippen LogP contribution in [0.5, 0.6) is 5.75 Å². The Morgan fingerprint density at radius 3 is 2.50 bits per heavy atom. The number of hydrogen-bond acceptors (Lipinski definition) is 4. The Hall–Kier alpha value is -1.33. The largest absolute Gasteiger partial charge is 0.497 e. The SMILES string of the molecule is COc1ccc(B2O[C@]3(C(C)=O)CCC[C@]3(C)O2)cc1. The lowest BCUT2D eigenvalue weighted by Crippen LogP contribution is -2.50. The molecule has 0 bridgehead atoms. The molecule has 0 N–H and O–H groups in total. The Kier molecular flexibility index (Phi) is 3.14. The van der Waals surface area contributed by atoms with Crippen LogP contribution in [0.4, 0.5) is 0 Å². The predicted octanol–water partition coefficient (Wildman–Crippen LogP) is 1.71. The van der Waals surface area contributed by atoms with Gasteiger partial charge in [-0.25, -0.2) is 0 Å². The Labute approximate surface area is 119 Å². The van der Waals surface area contributed by atoms with Crippen molar-refractivity contribution in [2.24, 2.45) is 0 Å². The number of benzene rings is 1. The first-order valence-electron chi connectivity index (χ1n) is 7.01. The third-order valence-corrected chi connectivity index (χ3v) is 4.67. The summed E-state index contributed by atoms with van der Waals surface area (Å²) in [4.78, 5) is 12.1. The predicted molar refractivity (Wildman–Crippen MR) is 76.2 cm³/mol. The van der Waals surface area contributed by atoms with Gasteiger partial charge >= 0.3 is 7.12 Å². The molecule has 4 nitrogen and oxygen atoms in total. The molecule has 1 aromatic carbocycles. The van der Waals surface area contributed by atoms with E-state index in [0.29, 0.717) is 0 Å². The van der Waals surface area contributed by atoms with Gasteiger partial charge in [-0.05, 0) is 50.7 Å². The molecule has 1 saturated heterocycles. The molecule has 2 aliphatic rings. The summed E-state index contributed by atoms with van der Waals surface area (Å²) in [5.74, 6) is 0.855. The van der Waals surface area contributed by atoms with Crippen LogP contribution in [-0.4, -0.2) is 31.2 Å². The van der Waals surface area contributed by atoms with Gasteiger partial charge in [-0.3, -0.25) is 4.79 Å². The number of hydrogen-bond donors (Lipinski definition) is 0. The van der Waals surface area contributed by atoms with Gasteiger partial charge in [0.2, 0.25) is 0 Å². The van der Waals surface area contributed by atoms with Crippen LogP contribution in [0.25, 0.3) is 0 Å². The normalized spacial score (nSPS) is 32.2. The molecule has 3 rings (SSSR count). The monoisotopic (exact) mass is 274 g/mol. The van der Waals surface area contributed by atoms with Crippen LogP contribution in [0.3, 0.4) is 0 Å².